The number of rotatable bonds is 3. The summed E-state index contributed by atoms with van der Waals surface area (Å²) in [6, 6.07) is 17.0. The molecule has 4 heteroatoms. The zero-order chi connectivity index (χ0) is 14.8. The van der Waals surface area contributed by atoms with Gasteiger partial charge in [0.1, 0.15) is 5.82 Å². The number of hydrogen-bond donors (Lipinski definition) is 2. The van der Waals surface area contributed by atoms with E-state index in [1.807, 2.05) is 42.5 Å². The van der Waals surface area contributed by atoms with Crippen molar-refractivity contribution < 1.29 is 9.90 Å². The molecule has 104 valence electrons. The van der Waals surface area contributed by atoms with Crippen molar-refractivity contribution in [1.82, 2.24) is 4.98 Å². The summed E-state index contributed by atoms with van der Waals surface area (Å²) in [4.78, 5) is 15.5. The molecule has 1 aromatic heterocycles. The number of benzene rings is 2. The number of carboxylic acids is 1. The number of carbonyl (C=O) groups is 1. The number of aryl methyl sites for hydroxylation is 1. The van der Waals surface area contributed by atoms with Gasteiger partial charge in [-0.15, -0.1) is 0 Å². The van der Waals surface area contributed by atoms with Gasteiger partial charge in [0, 0.05) is 16.8 Å². The van der Waals surface area contributed by atoms with Gasteiger partial charge in [0.15, 0.2) is 0 Å². The van der Waals surface area contributed by atoms with E-state index in [4.69, 9.17) is 5.11 Å². The lowest BCUT2D eigenvalue weighted by Crippen LogP contribution is -2.02. The molecule has 4 nitrogen and oxygen atoms in total. The first-order chi connectivity index (χ1) is 10.1. The Bertz CT molecular complexity index is 823. The predicted octanol–water partition coefficient (Wildman–Crippen LogP) is 3.99. The maximum Gasteiger partial charge on any atom is 0.335 e. The molecule has 0 bridgehead atoms. The minimum atomic E-state index is -0.957. The molecule has 0 aliphatic carbocycles. The smallest absolute Gasteiger partial charge is 0.335 e. The molecule has 0 aliphatic rings. The van der Waals surface area contributed by atoms with E-state index in [1.54, 1.807) is 13.0 Å². The van der Waals surface area contributed by atoms with Gasteiger partial charge >= 0.3 is 5.97 Å². The van der Waals surface area contributed by atoms with Crippen molar-refractivity contribution in [3.8, 4) is 0 Å². The molecule has 0 amide bonds. The topological polar surface area (TPSA) is 62.2 Å². The number of anilines is 2. The maximum absolute atomic E-state index is 11.1. The molecule has 0 saturated heterocycles. The van der Waals surface area contributed by atoms with Crippen molar-refractivity contribution in [3.63, 3.8) is 0 Å². The van der Waals surface area contributed by atoms with Gasteiger partial charge in [-0.3, -0.25) is 0 Å². The van der Waals surface area contributed by atoms with E-state index in [9.17, 15) is 4.79 Å². The number of aromatic carboxylic acids is 1. The van der Waals surface area contributed by atoms with Crippen molar-refractivity contribution in [2.45, 2.75) is 6.92 Å². The summed E-state index contributed by atoms with van der Waals surface area (Å²) in [5, 5.41) is 14.5. The van der Waals surface area contributed by atoms with Crippen LogP contribution in [0.2, 0.25) is 0 Å². The average molecular weight is 278 g/mol. The van der Waals surface area contributed by atoms with Crippen LogP contribution in [0.4, 0.5) is 11.5 Å². The minimum absolute atomic E-state index is 0.227. The first kappa shape index (κ1) is 13.1. The number of aromatic nitrogens is 1. The number of fused-ring (bicyclic) bond motifs is 1. The molecule has 3 rings (SSSR count). The first-order valence-corrected chi connectivity index (χ1v) is 6.60. The fourth-order valence-electron chi connectivity index (χ4n) is 2.33. The number of nitrogens with zero attached hydrogens (tertiary/aromatic N) is 1. The standard InChI is InChI=1S/C17H14N2O2/c1-11-9-13(17(20)21)10-16(18-11)19-15-8-4-6-12-5-2-3-7-14(12)15/h2-10H,1H3,(H,18,19)(H,20,21). The quantitative estimate of drug-likeness (QED) is 0.760. The molecule has 0 aliphatic heterocycles. The summed E-state index contributed by atoms with van der Waals surface area (Å²) in [5.74, 6) is -0.426. The van der Waals surface area contributed by atoms with Crippen molar-refractivity contribution >= 4 is 28.2 Å². The van der Waals surface area contributed by atoms with E-state index in [0.29, 0.717) is 11.5 Å². The Morgan fingerprint density at radius 3 is 2.67 bits per heavy atom. The van der Waals surface area contributed by atoms with Crippen LogP contribution in [0, 0.1) is 6.92 Å². The van der Waals surface area contributed by atoms with Crippen molar-refractivity contribution in [3.05, 3.63) is 65.9 Å². The molecule has 2 N–H and O–H groups in total. The summed E-state index contributed by atoms with van der Waals surface area (Å²) in [6.45, 7) is 1.78. The average Bonchev–Trinajstić information content (AvgIpc) is 2.47. The van der Waals surface area contributed by atoms with E-state index in [-0.39, 0.29) is 5.56 Å². The lowest BCUT2D eigenvalue weighted by molar-refractivity contribution is 0.0696. The Morgan fingerprint density at radius 2 is 1.86 bits per heavy atom. The highest BCUT2D eigenvalue weighted by molar-refractivity contribution is 5.95. The molecule has 2 aromatic carbocycles. The Morgan fingerprint density at radius 1 is 1.10 bits per heavy atom. The second kappa shape index (κ2) is 5.25. The Kier molecular flexibility index (Phi) is 3.28. The van der Waals surface area contributed by atoms with E-state index < -0.39 is 5.97 Å². The van der Waals surface area contributed by atoms with E-state index >= 15 is 0 Å². The van der Waals surface area contributed by atoms with Crippen LogP contribution < -0.4 is 5.32 Å². The molecule has 0 unspecified atom stereocenters. The van der Waals surface area contributed by atoms with Crippen molar-refractivity contribution in [2.24, 2.45) is 0 Å². The highest BCUT2D eigenvalue weighted by Crippen LogP contribution is 2.26. The Labute approximate surface area is 122 Å². The Hall–Kier alpha value is -2.88. The van der Waals surface area contributed by atoms with Gasteiger partial charge < -0.3 is 10.4 Å². The van der Waals surface area contributed by atoms with E-state index in [1.165, 1.54) is 6.07 Å². The predicted molar refractivity (Wildman–Crippen MR) is 83.2 cm³/mol. The second-order valence-corrected chi connectivity index (χ2v) is 4.84. The van der Waals surface area contributed by atoms with Crippen LogP contribution in [0.1, 0.15) is 16.1 Å². The highest BCUT2D eigenvalue weighted by atomic mass is 16.4. The van der Waals surface area contributed by atoms with Crippen LogP contribution in [0.25, 0.3) is 10.8 Å². The van der Waals surface area contributed by atoms with Crippen molar-refractivity contribution in [2.75, 3.05) is 5.32 Å². The lowest BCUT2D eigenvalue weighted by atomic mass is 10.1. The van der Waals surface area contributed by atoms with Gasteiger partial charge in [-0.2, -0.15) is 0 Å². The van der Waals surface area contributed by atoms with Crippen LogP contribution in [-0.4, -0.2) is 16.1 Å². The zero-order valence-corrected chi connectivity index (χ0v) is 11.5. The monoisotopic (exact) mass is 278 g/mol. The molecule has 3 aromatic rings. The van der Waals surface area contributed by atoms with Gasteiger partial charge in [0.2, 0.25) is 0 Å². The third-order valence-corrected chi connectivity index (χ3v) is 3.25. The Balaban J connectivity index is 2.05. The van der Waals surface area contributed by atoms with E-state index in [2.05, 4.69) is 10.3 Å². The van der Waals surface area contributed by atoms with E-state index in [0.717, 1.165) is 16.5 Å². The molecular formula is C17H14N2O2. The molecule has 1 heterocycles. The van der Waals surface area contributed by atoms with Crippen LogP contribution in [0.3, 0.4) is 0 Å². The van der Waals surface area contributed by atoms with Crippen LogP contribution in [-0.2, 0) is 0 Å². The number of pyridine rings is 1. The normalized spacial score (nSPS) is 10.5. The summed E-state index contributed by atoms with van der Waals surface area (Å²) < 4.78 is 0. The molecule has 0 spiro atoms. The molecular weight excluding hydrogens is 264 g/mol. The van der Waals surface area contributed by atoms with Crippen LogP contribution in [0.5, 0.6) is 0 Å². The molecule has 0 saturated carbocycles. The summed E-state index contributed by atoms with van der Waals surface area (Å²) >= 11 is 0. The largest absolute Gasteiger partial charge is 0.478 e. The maximum atomic E-state index is 11.1. The van der Waals surface area contributed by atoms with Gasteiger partial charge in [-0.1, -0.05) is 36.4 Å². The lowest BCUT2D eigenvalue weighted by Gasteiger charge is -2.10. The molecule has 0 fully saturated rings. The summed E-state index contributed by atoms with van der Waals surface area (Å²) in [6.07, 6.45) is 0. The molecule has 21 heavy (non-hydrogen) atoms. The molecule has 0 atom stereocenters. The van der Waals surface area contributed by atoms with Crippen LogP contribution in [0.15, 0.2) is 54.6 Å². The van der Waals surface area contributed by atoms with Gasteiger partial charge in [-0.05, 0) is 30.5 Å². The SMILES string of the molecule is Cc1cc(C(=O)O)cc(Nc2cccc3ccccc23)n1. The fraction of sp³-hybridized carbons (Fsp3) is 0.0588. The molecule has 0 radical (unpaired) electrons. The number of nitrogens with one attached hydrogen (secondary N) is 1. The number of hydrogen-bond acceptors (Lipinski definition) is 3. The van der Waals surface area contributed by atoms with Gasteiger partial charge in [-0.25, -0.2) is 9.78 Å². The first-order valence-electron chi connectivity index (χ1n) is 6.60. The van der Waals surface area contributed by atoms with Gasteiger partial charge in [0.25, 0.3) is 0 Å². The fourth-order valence-corrected chi connectivity index (χ4v) is 2.33. The third kappa shape index (κ3) is 2.69. The van der Waals surface area contributed by atoms with Crippen LogP contribution >= 0.6 is 0 Å². The van der Waals surface area contributed by atoms with Gasteiger partial charge in [0.05, 0.1) is 5.56 Å². The summed E-state index contributed by atoms with van der Waals surface area (Å²) in [5.41, 5.74) is 1.80. The minimum Gasteiger partial charge on any atom is -0.478 e. The number of carboxylic acid groups (broad SMARTS) is 1. The highest BCUT2D eigenvalue weighted by Gasteiger charge is 2.08. The second-order valence-electron chi connectivity index (χ2n) is 4.84. The van der Waals surface area contributed by atoms with Crippen molar-refractivity contribution in [1.29, 1.82) is 0 Å². The zero-order valence-electron chi connectivity index (χ0n) is 11.5. The summed E-state index contributed by atoms with van der Waals surface area (Å²) in [7, 11) is 0. The third-order valence-electron chi connectivity index (χ3n) is 3.25.